The Bertz CT molecular complexity index is 539. The monoisotopic (exact) mass is 385 g/mol. The molecule has 3 heteroatoms. The highest BCUT2D eigenvalue weighted by atomic mass is 16.3. The van der Waals surface area contributed by atoms with Crippen LogP contribution in [0.4, 0.5) is 0 Å². The van der Waals surface area contributed by atoms with Crippen molar-refractivity contribution >= 4 is 5.91 Å². The highest BCUT2D eigenvalue weighted by Crippen LogP contribution is 1.98. The van der Waals surface area contributed by atoms with Gasteiger partial charge in [-0.05, 0) is 51.9 Å². The summed E-state index contributed by atoms with van der Waals surface area (Å²) in [5.74, 6) is -0.0129. The minimum atomic E-state index is -0.169. The zero-order valence-corrected chi connectivity index (χ0v) is 17.7. The standard InChI is InChI=1S/C25H39NO2/c1-3-4-5-6-7-8-9-10-11-12-13-14-15-16-17-18-19-20-21-22-25(28)26-24(2)23-27/h4-5,7-8,10-11,13-14,16-17,19-20,24,27H,3,6,9,12,15,18,21-23H2,1-2H3,(H,26,28)/t24-/m1/s1. The summed E-state index contributed by atoms with van der Waals surface area (Å²) >= 11 is 0. The summed E-state index contributed by atoms with van der Waals surface area (Å²) < 4.78 is 0. The molecule has 0 saturated heterocycles. The topological polar surface area (TPSA) is 49.3 Å². The maximum absolute atomic E-state index is 11.5. The van der Waals surface area contributed by atoms with Crippen LogP contribution in [0.15, 0.2) is 72.9 Å². The number of hydrogen-bond acceptors (Lipinski definition) is 2. The van der Waals surface area contributed by atoms with Crippen LogP contribution in [0.25, 0.3) is 0 Å². The van der Waals surface area contributed by atoms with Gasteiger partial charge in [0.25, 0.3) is 0 Å². The molecule has 0 aliphatic rings. The van der Waals surface area contributed by atoms with Gasteiger partial charge in [0.15, 0.2) is 0 Å². The largest absolute Gasteiger partial charge is 0.394 e. The predicted molar refractivity (Wildman–Crippen MR) is 122 cm³/mol. The fraction of sp³-hybridized carbons (Fsp3) is 0.480. The van der Waals surface area contributed by atoms with E-state index in [2.05, 4.69) is 79.1 Å². The normalized spacial score (nSPS) is 14.0. The smallest absolute Gasteiger partial charge is 0.220 e. The second-order valence-corrected chi connectivity index (χ2v) is 6.60. The lowest BCUT2D eigenvalue weighted by Gasteiger charge is -2.09. The molecule has 0 spiro atoms. The minimum Gasteiger partial charge on any atom is -0.394 e. The van der Waals surface area contributed by atoms with E-state index >= 15 is 0 Å². The van der Waals surface area contributed by atoms with Crippen molar-refractivity contribution in [2.45, 2.75) is 71.3 Å². The molecule has 0 aromatic rings. The summed E-state index contributed by atoms with van der Waals surface area (Å²) in [6.07, 6.45) is 33.2. The van der Waals surface area contributed by atoms with Crippen LogP contribution in [0.2, 0.25) is 0 Å². The third kappa shape index (κ3) is 20.2. The van der Waals surface area contributed by atoms with Crippen LogP contribution >= 0.6 is 0 Å². The quantitative estimate of drug-likeness (QED) is 0.322. The van der Waals surface area contributed by atoms with Gasteiger partial charge in [-0.3, -0.25) is 4.79 Å². The first-order valence-corrected chi connectivity index (χ1v) is 10.5. The van der Waals surface area contributed by atoms with Gasteiger partial charge in [0.2, 0.25) is 5.91 Å². The van der Waals surface area contributed by atoms with Crippen LogP contribution in [0.3, 0.4) is 0 Å². The first kappa shape index (κ1) is 25.9. The van der Waals surface area contributed by atoms with Gasteiger partial charge in [-0.2, -0.15) is 0 Å². The molecule has 0 aromatic heterocycles. The lowest BCUT2D eigenvalue weighted by molar-refractivity contribution is -0.121. The number of carbonyl (C=O) groups is 1. The average molecular weight is 386 g/mol. The summed E-state index contributed by atoms with van der Waals surface area (Å²) in [5.41, 5.74) is 0. The van der Waals surface area contributed by atoms with Gasteiger partial charge in [0, 0.05) is 12.5 Å². The Balaban J connectivity index is 3.59. The lowest BCUT2D eigenvalue weighted by atomic mass is 10.2. The Morgan fingerprint density at radius 2 is 1.14 bits per heavy atom. The number of carbonyl (C=O) groups excluding carboxylic acids is 1. The number of aliphatic hydroxyl groups is 1. The third-order valence-corrected chi connectivity index (χ3v) is 3.82. The van der Waals surface area contributed by atoms with Gasteiger partial charge in [-0.15, -0.1) is 0 Å². The molecule has 0 aliphatic carbocycles. The molecule has 0 radical (unpaired) electrons. The van der Waals surface area contributed by atoms with E-state index in [-0.39, 0.29) is 18.6 Å². The van der Waals surface area contributed by atoms with Crippen LogP contribution < -0.4 is 5.32 Å². The van der Waals surface area contributed by atoms with E-state index in [1.54, 1.807) is 6.92 Å². The van der Waals surface area contributed by atoms with Gasteiger partial charge in [0.1, 0.15) is 0 Å². The Kier molecular flexibility index (Phi) is 19.6. The van der Waals surface area contributed by atoms with E-state index in [1.807, 2.05) is 6.08 Å². The van der Waals surface area contributed by atoms with Crippen molar-refractivity contribution in [3.63, 3.8) is 0 Å². The summed E-state index contributed by atoms with van der Waals surface area (Å²) in [7, 11) is 0. The van der Waals surface area contributed by atoms with E-state index in [9.17, 15) is 4.79 Å². The van der Waals surface area contributed by atoms with Crippen LogP contribution in [-0.4, -0.2) is 23.7 Å². The van der Waals surface area contributed by atoms with Crippen molar-refractivity contribution in [3.05, 3.63) is 72.9 Å². The molecule has 1 amide bonds. The number of allylic oxidation sites excluding steroid dienone is 12. The maximum Gasteiger partial charge on any atom is 0.220 e. The molecule has 0 unspecified atom stereocenters. The van der Waals surface area contributed by atoms with Crippen LogP contribution in [0.1, 0.15) is 65.2 Å². The van der Waals surface area contributed by atoms with Crippen molar-refractivity contribution < 1.29 is 9.90 Å². The lowest BCUT2D eigenvalue weighted by Crippen LogP contribution is -2.34. The zero-order valence-electron chi connectivity index (χ0n) is 17.7. The van der Waals surface area contributed by atoms with E-state index in [4.69, 9.17) is 5.11 Å². The average Bonchev–Trinajstić information content (AvgIpc) is 2.69. The number of hydrogen-bond donors (Lipinski definition) is 2. The van der Waals surface area contributed by atoms with E-state index in [0.717, 1.165) is 44.9 Å². The first-order chi connectivity index (χ1) is 13.7. The summed E-state index contributed by atoms with van der Waals surface area (Å²) in [4.78, 5) is 11.5. The maximum atomic E-state index is 11.5. The Morgan fingerprint density at radius 1 is 0.750 bits per heavy atom. The molecule has 28 heavy (non-hydrogen) atoms. The fourth-order valence-corrected chi connectivity index (χ4v) is 2.25. The van der Waals surface area contributed by atoms with Crippen LogP contribution in [-0.2, 0) is 4.79 Å². The second kappa shape index (κ2) is 21.2. The highest BCUT2D eigenvalue weighted by Gasteiger charge is 2.03. The summed E-state index contributed by atoms with van der Waals surface area (Å²) in [6.45, 7) is 3.91. The van der Waals surface area contributed by atoms with Crippen molar-refractivity contribution in [1.82, 2.24) is 5.32 Å². The SMILES string of the molecule is CCC=CCC=CCC=CCC=CCC=CCC=CCCC(=O)N[C@H](C)CO. The molecule has 0 aliphatic heterocycles. The Hall–Kier alpha value is -2.13. The summed E-state index contributed by atoms with van der Waals surface area (Å²) in [5, 5.41) is 11.6. The molecular formula is C25H39NO2. The van der Waals surface area contributed by atoms with Gasteiger partial charge >= 0.3 is 0 Å². The van der Waals surface area contributed by atoms with E-state index < -0.39 is 0 Å². The molecule has 0 heterocycles. The van der Waals surface area contributed by atoms with Crippen molar-refractivity contribution in [2.24, 2.45) is 0 Å². The Labute approximate surface area is 172 Å². The van der Waals surface area contributed by atoms with Crippen molar-refractivity contribution in [1.29, 1.82) is 0 Å². The fourth-order valence-electron chi connectivity index (χ4n) is 2.25. The molecule has 1 atom stereocenters. The molecule has 0 aromatic carbocycles. The minimum absolute atomic E-state index is 0.0129. The third-order valence-electron chi connectivity index (χ3n) is 3.82. The number of amides is 1. The van der Waals surface area contributed by atoms with E-state index in [1.165, 1.54) is 0 Å². The van der Waals surface area contributed by atoms with Crippen LogP contribution in [0, 0.1) is 0 Å². The van der Waals surface area contributed by atoms with Crippen molar-refractivity contribution in [3.8, 4) is 0 Å². The van der Waals surface area contributed by atoms with E-state index in [0.29, 0.717) is 6.42 Å². The molecule has 0 rings (SSSR count). The number of nitrogens with one attached hydrogen (secondary N) is 1. The molecule has 0 bridgehead atoms. The highest BCUT2D eigenvalue weighted by molar-refractivity contribution is 5.76. The van der Waals surface area contributed by atoms with Gasteiger partial charge in [-0.1, -0.05) is 79.8 Å². The molecule has 156 valence electrons. The van der Waals surface area contributed by atoms with Crippen molar-refractivity contribution in [2.75, 3.05) is 6.61 Å². The number of aliphatic hydroxyl groups excluding tert-OH is 1. The second-order valence-electron chi connectivity index (χ2n) is 6.60. The number of rotatable bonds is 16. The van der Waals surface area contributed by atoms with Gasteiger partial charge in [-0.25, -0.2) is 0 Å². The molecule has 0 saturated carbocycles. The first-order valence-electron chi connectivity index (χ1n) is 10.5. The van der Waals surface area contributed by atoms with Crippen LogP contribution in [0.5, 0.6) is 0 Å². The van der Waals surface area contributed by atoms with Gasteiger partial charge < -0.3 is 10.4 Å². The van der Waals surface area contributed by atoms with Gasteiger partial charge in [0.05, 0.1) is 6.61 Å². The predicted octanol–water partition coefficient (Wildman–Crippen LogP) is 5.96. The Morgan fingerprint density at radius 3 is 1.54 bits per heavy atom. The molecular weight excluding hydrogens is 346 g/mol. The molecule has 3 nitrogen and oxygen atoms in total. The summed E-state index contributed by atoms with van der Waals surface area (Å²) in [6, 6.07) is -0.169. The zero-order chi connectivity index (χ0) is 20.7. The molecule has 0 fully saturated rings. The molecule has 2 N–H and O–H groups in total.